The van der Waals surface area contributed by atoms with Crippen LogP contribution in [0, 0.1) is 0 Å². The molecule has 0 aliphatic rings. The summed E-state index contributed by atoms with van der Waals surface area (Å²) in [6.45, 7) is 0. The summed E-state index contributed by atoms with van der Waals surface area (Å²) in [7, 11) is 0. The van der Waals surface area contributed by atoms with Gasteiger partial charge in [-0.15, -0.1) is 10.2 Å². The second kappa shape index (κ2) is 8.77. The number of aromatic nitrogens is 2. The predicted octanol–water partition coefficient (Wildman–Crippen LogP) is 5.35. The van der Waals surface area contributed by atoms with Crippen LogP contribution < -0.4 is 5.32 Å². The second-order valence-corrected chi connectivity index (χ2v) is 7.38. The van der Waals surface area contributed by atoms with E-state index in [1.807, 2.05) is 30.3 Å². The Labute approximate surface area is 169 Å². The molecule has 1 N–H and O–H groups in total. The molecule has 0 fully saturated rings. The van der Waals surface area contributed by atoms with Crippen LogP contribution in [-0.2, 0) is 11.2 Å². The van der Waals surface area contributed by atoms with E-state index in [1.165, 1.54) is 12.1 Å². The van der Waals surface area contributed by atoms with Gasteiger partial charge in [0, 0.05) is 5.02 Å². The van der Waals surface area contributed by atoms with Gasteiger partial charge in [0.2, 0.25) is 11.8 Å². The van der Waals surface area contributed by atoms with Gasteiger partial charge in [0.1, 0.15) is 0 Å². The fourth-order valence-corrected chi connectivity index (χ4v) is 3.59. The van der Waals surface area contributed by atoms with Crippen LogP contribution in [0.4, 0.5) is 5.69 Å². The molecule has 1 amide bonds. The van der Waals surface area contributed by atoms with Gasteiger partial charge in [-0.1, -0.05) is 76.9 Å². The van der Waals surface area contributed by atoms with Crippen LogP contribution in [0.1, 0.15) is 11.5 Å². The molecule has 9 heteroatoms. The number of rotatable bonds is 6. The van der Waals surface area contributed by atoms with Gasteiger partial charge in [-0.2, -0.15) is 0 Å². The summed E-state index contributed by atoms with van der Waals surface area (Å²) in [4.78, 5) is 12.1. The van der Waals surface area contributed by atoms with Gasteiger partial charge in [-0.25, -0.2) is 0 Å². The highest BCUT2D eigenvalue weighted by atomic mass is 35.5. The van der Waals surface area contributed by atoms with Crippen molar-refractivity contribution in [2.24, 2.45) is 0 Å². The number of hydrogen-bond donors (Lipinski definition) is 1. The maximum absolute atomic E-state index is 12.1. The Kier molecular flexibility index (Phi) is 6.43. The van der Waals surface area contributed by atoms with E-state index < -0.39 is 0 Å². The van der Waals surface area contributed by atoms with Gasteiger partial charge in [0.15, 0.2) is 0 Å². The lowest BCUT2D eigenvalue weighted by Crippen LogP contribution is -2.14. The first-order valence-electron chi connectivity index (χ1n) is 7.45. The number of halogens is 3. The minimum Gasteiger partial charge on any atom is -0.416 e. The first-order chi connectivity index (χ1) is 12.5. The number of carbonyl (C=O) groups is 1. The molecule has 0 radical (unpaired) electrons. The van der Waals surface area contributed by atoms with Gasteiger partial charge in [0.25, 0.3) is 5.22 Å². The molecule has 0 spiro atoms. The van der Waals surface area contributed by atoms with Crippen LogP contribution in [0.2, 0.25) is 15.1 Å². The van der Waals surface area contributed by atoms with Crippen molar-refractivity contribution in [3.05, 3.63) is 69.0 Å². The van der Waals surface area contributed by atoms with Crippen molar-refractivity contribution in [2.45, 2.75) is 11.6 Å². The number of nitrogens with one attached hydrogen (secondary N) is 1. The average Bonchev–Trinajstić information content (AvgIpc) is 3.04. The van der Waals surface area contributed by atoms with Crippen molar-refractivity contribution < 1.29 is 9.21 Å². The lowest BCUT2D eigenvalue weighted by Gasteiger charge is -2.09. The van der Waals surface area contributed by atoms with E-state index in [-0.39, 0.29) is 21.7 Å². The maximum atomic E-state index is 12.1. The van der Waals surface area contributed by atoms with E-state index in [2.05, 4.69) is 15.5 Å². The number of anilines is 1. The molecule has 0 unspecified atom stereocenters. The molecule has 3 rings (SSSR count). The van der Waals surface area contributed by atoms with E-state index in [0.717, 1.165) is 17.3 Å². The molecular formula is C17H12Cl3N3O2S. The minimum absolute atomic E-state index is 0.0717. The summed E-state index contributed by atoms with van der Waals surface area (Å²) >= 11 is 19.1. The molecular weight excluding hydrogens is 417 g/mol. The van der Waals surface area contributed by atoms with Crippen LogP contribution in [0.5, 0.6) is 0 Å². The van der Waals surface area contributed by atoms with Crippen molar-refractivity contribution in [1.82, 2.24) is 10.2 Å². The monoisotopic (exact) mass is 427 g/mol. The van der Waals surface area contributed by atoms with Crippen LogP contribution in [0.25, 0.3) is 0 Å². The highest BCUT2D eigenvalue weighted by Gasteiger charge is 2.14. The average molecular weight is 429 g/mol. The summed E-state index contributed by atoms with van der Waals surface area (Å²) < 4.78 is 5.54. The Bertz CT molecular complexity index is 896. The lowest BCUT2D eigenvalue weighted by molar-refractivity contribution is -0.113. The highest BCUT2D eigenvalue weighted by Crippen LogP contribution is 2.33. The molecule has 5 nitrogen and oxygen atoms in total. The van der Waals surface area contributed by atoms with Crippen molar-refractivity contribution in [1.29, 1.82) is 0 Å². The highest BCUT2D eigenvalue weighted by molar-refractivity contribution is 7.99. The summed E-state index contributed by atoms with van der Waals surface area (Å²) in [5.41, 5.74) is 1.39. The maximum Gasteiger partial charge on any atom is 0.277 e. The molecule has 3 aromatic rings. The molecule has 0 saturated heterocycles. The van der Waals surface area contributed by atoms with E-state index in [4.69, 9.17) is 39.2 Å². The van der Waals surface area contributed by atoms with E-state index >= 15 is 0 Å². The zero-order valence-electron chi connectivity index (χ0n) is 13.2. The van der Waals surface area contributed by atoms with E-state index in [0.29, 0.717) is 28.2 Å². The number of amides is 1. The minimum atomic E-state index is -0.302. The van der Waals surface area contributed by atoms with Crippen molar-refractivity contribution in [3.8, 4) is 0 Å². The third kappa shape index (κ3) is 5.14. The standard InChI is InChI=1S/C17H12Cl3N3O2S/c18-11-7-12(19)16(13(20)8-11)21-14(24)9-26-17-23-22-15(25-17)6-10-4-2-1-3-5-10/h1-5,7-8H,6,9H2,(H,21,24). The van der Waals surface area contributed by atoms with Crippen molar-refractivity contribution in [2.75, 3.05) is 11.1 Å². The lowest BCUT2D eigenvalue weighted by atomic mass is 10.2. The number of benzene rings is 2. The molecule has 0 bridgehead atoms. The zero-order valence-corrected chi connectivity index (χ0v) is 16.3. The van der Waals surface area contributed by atoms with Crippen LogP contribution in [0.15, 0.2) is 52.1 Å². The number of hydrogen-bond acceptors (Lipinski definition) is 5. The van der Waals surface area contributed by atoms with Gasteiger partial charge >= 0.3 is 0 Å². The summed E-state index contributed by atoms with van der Waals surface area (Å²) in [5, 5.41) is 11.8. The molecule has 26 heavy (non-hydrogen) atoms. The molecule has 0 aliphatic carbocycles. The third-order valence-electron chi connectivity index (χ3n) is 3.24. The van der Waals surface area contributed by atoms with Crippen LogP contribution >= 0.6 is 46.6 Å². The van der Waals surface area contributed by atoms with Crippen LogP contribution in [0.3, 0.4) is 0 Å². The molecule has 2 aromatic carbocycles. The van der Waals surface area contributed by atoms with E-state index in [9.17, 15) is 4.79 Å². The quantitative estimate of drug-likeness (QED) is 0.536. The topological polar surface area (TPSA) is 68.0 Å². The molecule has 0 atom stereocenters. The molecule has 134 valence electrons. The van der Waals surface area contributed by atoms with Gasteiger partial charge in [0.05, 0.1) is 27.9 Å². The molecule has 0 aliphatic heterocycles. The number of thioether (sulfide) groups is 1. The zero-order chi connectivity index (χ0) is 18.5. The fourth-order valence-electron chi connectivity index (χ4n) is 2.10. The molecule has 0 saturated carbocycles. The Balaban J connectivity index is 1.55. The summed E-state index contributed by atoms with van der Waals surface area (Å²) in [6.07, 6.45) is 0.538. The van der Waals surface area contributed by atoms with Crippen molar-refractivity contribution in [3.63, 3.8) is 0 Å². The summed E-state index contributed by atoms with van der Waals surface area (Å²) in [6, 6.07) is 12.8. The van der Waals surface area contributed by atoms with Crippen molar-refractivity contribution >= 4 is 58.2 Å². The Morgan fingerprint density at radius 1 is 1.08 bits per heavy atom. The second-order valence-electron chi connectivity index (χ2n) is 5.21. The van der Waals surface area contributed by atoms with Gasteiger partial charge in [-0.3, -0.25) is 4.79 Å². The molecule has 1 aromatic heterocycles. The first-order valence-corrected chi connectivity index (χ1v) is 9.56. The van der Waals surface area contributed by atoms with E-state index in [1.54, 1.807) is 0 Å². The van der Waals surface area contributed by atoms with Gasteiger partial charge in [-0.05, 0) is 17.7 Å². The number of carbonyl (C=O) groups excluding carboxylic acids is 1. The Hall–Kier alpha value is -1.73. The van der Waals surface area contributed by atoms with Gasteiger partial charge < -0.3 is 9.73 Å². The number of nitrogens with zero attached hydrogens (tertiary/aromatic N) is 2. The molecule has 1 heterocycles. The normalized spacial score (nSPS) is 10.7. The largest absolute Gasteiger partial charge is 0.416 e. The SMILES string of the molecule is O=C(CSc1nnc(Cc2ccccc2)o1)Nc1c(Cl)cc(Cl)cc1Cl. The summed E-state index contributed by atoms with van der Waals surface area (Å²) in [5.74, 6) is 0.259. The predicted molar refractivity (Wildman–Crippen MR) is 104 cm³/mol. The Morgan fingerprint density at radius 3 is 2.46 bits per heavy atom. The first kappa shape index (κ1) is 19.0. The smallest absolute Gasteiger partial charge is 0.277 e. The third-order valence-corrected chi connectivity index (χ3v) is 4.88. The fraction of sp³-hybridized carbons (Fsp3) is 0.118. The van der Waals surface area contributed by atoms with Crippen LogP contribution in [-0.4, -0.2) is 21.9 Å². The Morgan fingerprint density at radius 2 is 1.77 bits per heavy atom.